The van der Waals surface area contributed by atoms with Crippen LogP contribution in [0.1, 0.15) is 37.3 Å². The number of benzene rings is 1. The molecular weight excluding hydrogens is 249 g/mol. The normalized spacial score (nSPS) is 24.9. The fraction of sp³-hybridized carbons (Fsp3) is 0.500. The van der Waals surface area contributed by atoms with Crippen molar-refractivity contribution in [3.05, 3.63) is 35.6 Å². The molecule has 1 saturated carbocycles. The van der Waals surface area contributed by atoms with Crippen LogP contribution in [0.15, 0.2) is 24.3 Å². The van der Waals surface area contributed by atoms with Gasteiger partial charge in [0.25, 0.3) is 0 Å². The molecule has 0 aliphatic heterocycles. The molecule has 0 heterocycles. The third-order valence-corrected chi connectivity index (χ3v) is 3.55. The summed E-state index contributed by atoms with van der Waals surface area (Å²) < 4.78 is 12.9. The fourth-order valence-corrected chi connectivity index (χ4v) is 2.44. The van der Waals surface area contributed by atoms with Crippen LogP contribution in [0.2, 0.25) is 0 Å². The Morgan fingerprint density at radius 1 is 1.21 bits per heavy atom. The summed E-state index contributed by atoms with van der Waals surface area (Å²) in [5, 5.41) is 21.8. The van der Waals surface area contributed by atoms with E-state index in [4.69, 9.17) is 0 Å². The van der Waals surface area contributed by atoms with Crippen LogP contribution in [-0.4, -0.2) is 28.3 Å². The van der Waals surface area contributed by atoms with Gasteiger partial charge in [0.1, 0.15) is 11.9 Å². The first-order valence-electron chi connectivity index (χ1n) is 6.48. The van der Waals surface area contributed by atoms with E-state index in [9.17, 15) is 19.4 Å². The predicted molar refractivity (Wildman–Crippen MR) is 68.2 cm³/mol. The number of carbonyl (C=O) groups is 1. The summed E-state index contributed by atoms with van der Waals surface area (Å²) in [6, 6.07) is 4.74. The Balaban J connectivity index is 2.04. The lowest BCUT2D eigenvalue weighted by Gasteiger charge is -2.29. The van der Waals surface area contributed by atoms with Gasteiger partial charge in [0.2, 0.25) is 0 Å². The van der Waals surface area contributed by atoms with Gasteiger partial charge in [0.05, 0.1) is 6.10 Å². The minimum absolute atomic E-state index is 0.0783. The average Bonchev–Trinajstić information content (AvgIpc) is 2.39. The number of hydrogen-bond acceptors (Lipinski definition) is 3. The molecule has 0 saturated heterocycles. The van der Waals surface area contributed by atoms with Crippen LogP contribution in [0.25, 0.3) is 0 Å². The molecule has 4 nitrogen and oxygen atoms in total. The molecule has 0 bridgehead atoms. The highest BCUT2D eigenvalue weighted by Gasteiger charge is 2.26. The summed E-state index contributed by atoms with van der Waals surface area (Å²) in [5.41, 5.74) is 0.542. The lowest BCUT2D eigenvalue weighted by Crippen LogP contribution is -2.40. The first-order chi connectivity index (χ1) is 9.06. The van der Waals surface area contributed by atoms with Crippen LogP contribution in [0, 0.1) is 5.82 Å². The molecule has 0 radical (unpaired) electrons. The van der Waals surface area contributed by atoms with Crippen molar-refractivity contribution < 1.29 is 19.4 Å². The zero-order valence-corrected chi connectivity index (χ0v) is 10.6. The number of halogens is 1. The molecule has 1 aromatic carbocycles. The number of aliphatic hydroxyl groups is 1. The van der Waals surface area contributed by atoms with Gasteiger partial charge in [-0.05, 0) is 43.4 Å². The Hall–Kier alpha value is -1.46. The molecule has 1 aromatic rings. The summed E-state index contributed by atoms with van der Waals surface area (Å²) >= 11 is 0. The van der Waals surface area contributed by atoms with Gasteiger partial charge in [-0.15, -0.1) is 0 Å². The second kappa shape index (κ2) is 6.12. The van der Waals surface area contributed by atoms with E-state index in [1.165, 1.54) is 24.3 Å². The number of carboxylic acid groups (broad SMARTS) is 1. The molecule has 1 aliphatic rings. The molecule has 19 heavy (non-hydrogen) atoms. The number of rotatable bonds is 4. The average molecular weight is 267 g/mol. The van der Waals surface area contributed by atoms with Gasteiger partial charge in [-0.25, -0.2) is 4.39 Å². The van der Waals surface area contributed by atoms with Gasteiger partial charge in [-0.1, -0.05) is 12.1 Å². The fourth-order valence-electron chi connectivity index (χ4n) is 2.44. The maximum Gasteiger partial charge on any atom is 0.325 e. The Morgan fingerprint density at radius 3 is 2.32 bits per heavy atom. The Kier molecular flexibility index (Phi) is 4.50. The van der Waals surface area contributed by atoms with Crippen molar-refractivity contribution in [2.75, 3.05) is 0 Å². The van der Waals surface area contributed by atoms with Crippen molar-refractivity contribution >= 4 is 5.97 Å². The summed E-state index contributed by atoms with van der Waals surface area (Å²) in [6.07, 6.45) is 2.62. The van der Waals surface area contributed by atoms with Crippen LogP contribution >= 0.6 is 0 Å². The van der Waals surface area contributed by atoms with E-state index in [1.54, 1.807) is 0 Å². The third kappa shape index (κ3) is 3.75. The Morgan fingerprint density at radius 2 is 1.79 bits per heavy atom. The Bertz CT molecular complexity index is 427. The standard InChI is InChI=1S/C14H18FNO3/c15-10-3-1-9(2-4-10)13(14(18)19)16-11-5-7-12(17)8-6-11/h1-4,11-13,16-17H,5-8H2,(H,18,19). The highest BCUT2D eigenvalue weighted by atomic mass is 19.1. The second-order valence-electron chi connectivity index (χ2n) is 4.99. The first kappa shape index (κ1) is 14.0. The molecule has 1 unspecified atom stereocenters. The van der Waals surface area contributed by atoms with E-state index in [1.807, 2.05) is 0 Å². The highest BCUT2D eigenvalue weighted by molar-refractivity contribution is 5.75. The van der Waals surface area contributed by atoms with E-state index in [0.717, 1.165) is 12.8 Å². The monoisotopic (exact) mass is 267 g/mol. The summed E-state index contributed by atoms with van der Waals surface area (Å²) in [5.74, 6) is -1.36. The Labute approximate surface area is 111 Å². The zero-order chi connectivity index (χ0) is 13.8. The number of carboxylic acids is 1. The van der Waals surface area contributed by atoms with Crippen molar-refractivity contribution in [1.82, 2.24) is 5.32 Å². The first-order valence-corrected chi connectivity index (χ1v) is 6.48. The third-order valence-electron chi connectivity index (χ3n) is 3.55. The van der Waals surface area contributed by atoms with E-state index in [0.29, 0.717) is 18.4 Å². The van der Waals surface area contributed by atoms with Crippen molar-refractivity contribution in [3.8, 4) is 0 Å². The molecule has 0 spiro atoms. The molecule has 104 valence electrons. The molecule has 2 rings (SSSR count). The lowest BCUT2D eigenvalue weighted by molar-refractivity contribution is -0.140. The van der Waals surface area contributed by atoms with Crippen LogP contribution in [-0.2, 0) is 4.79 Å². The van der Waals surface area contributed by atoms with Gasteiger partial charge in [-0.3, -0.25) is 10.1 Å². The van der Waals surface area contributed by atoms with Crippen LogP contribution in [0.5, 0.6) is 0 Å². The highest BCUT2D eigenvalue weighted by Crippen LogP contribution is 2.22. The molecule has 0 aromatic heterocycles. The van der Waals surface area contributed by atoms with Gasteiger partial charge >= 0.3 is 5.97 Å². The minimum atomic E-state index is -0.974. The van der Waals surface area contributed by atoms with Crippen LogP contribution in [0.4, 0.5) is 4.39 Å². The summed E-state index contributed by atoms with van der Waals surface area (Å²) in [4.78, 5) is 11.3. The van der Waals surface area contributed by atoms with E-state index in [-0.39, 0.29) is 18.0 Å². The zero-order valence-electron chi connectivity index (χ0n) is 10.6. The van der Waals surface area contributed by atoms with Crippen molar-refractivity contribution in [2.45, 2.75) is 43.9 Å². The summed E-state index contributed by atoms with van der Waals surface area (Å²) in [6.45, 7) is 0. The molecule has 3 N–H and O–H groups in total. The van der Waals surface area contributed by atoms with Crippen molar-refractivity contribution in [2.24, 2.45) is 0 Å². The van der Waals surface area contributed by atoms with Gasteiger partial charge < -0.3 is 10.2 Å². The van der Waals surface area contributed by atoms with E-state index in [2.05, 4.69) is 5.32 Å². The SMILES string of the molecule is O=C(O)C(NC1CCC(O)CC1)c1ccc(F)cc1. The van der Waals surface area contributed by atoms with Gasteiger partial charge in [0.15, 0.2) is 0 Å². The second-order valence-corrected chi connectivity index (χ2v) is 4.99. The van der Waals surface area contributed by atoms with Crippen LogP contribution < -0.4 is 5.32 Å². The maximum atomic E-state index is 12.9. The quantitative estimate of drug-likeness (QED) is 0.778. The smallest absolute Gasteiger partial charge is 0.325 e. The molecule has 0 amide bonds. The number of hydrogen-bond donors (Lipinski definition) is 3. The predicted octanol–water partition coefficient (Wildman–Crippen LogP) is 1.84. The molecule has 5 heteroatoms. The molecule has 1 fully saturated rings. The van der Waals surface area contributed by atoms with Gasteiger partial charge in [-0.2, -0.15) is 0 Å². The summed E-state index contributed by atoms with van der Waals surface area (Å²) in [7, 11) is 0. The maximum absolute atomic E-state index is 12.9. The van der Waals surface area contributed by atoms with Gasteiger partial charge in [0, 0.05) is 6.04 Å². The van der Waals surface area contributed by atoms with Crippen LogP contribution in [0.3, 0.4) is 0 Å². The van der Waals surface area contributed by atoms with Crippen molar-refractivity contribution in [1.29, 1.82) is 0 Å². The van der Waals surface area contributed by atoms with E-state index < -0.39 is 12.0 Å². The van der Waals surface area contributed by atoms with Crippen molar-refractivity contribution in [3.63, 3.8) is 0 Å². The number of aliphatic carboxylic acids is 1. The molecule has 1 atom stereocenters. The largest absolute Gasteiger partial charge is 0.480 e. The molecule has 1 aliphatic carbocycles. The number of aliphatic hydroxyl groups excluding tert-OH is 1. The lowest BCUT2D eigenvalue weighted by atomic mass is 9.92. The minimum Gasteiger partial charge on any atom is -0.480 e. The number of nitrogens with one attached hydrogen (secondary N) is 1. The topological polar surface area (TPSA) is 69.6 Å². The molecular formula is C14H18FNO3. The van der Waals surface area contributed by atoms with E-state index >= 15 is 0 Å².